The van der Waals surface area contributed by atoms with Crippen LogP contribution in [0.2, 0.25) is 0 Å². The number of allylic oxidation sites excluding steroid dienone is 2. The monoisotopic (exact) mass is 582 g/mol. The molecule has 1 aliphatic carbocycles. The zero-order chi connectivity index (χ0) is 27.4. The van der Waals surface area contributed by atoms with Crippen LogP contribution in [0.4, 0.5) is 0 Å². The van der Waals surface area contributed by atoms with Crippen LogP contribution in [-0.4, -0.2) is 31.2 Å². The van der Waals surface area contributed by atoms with E-state index in [4.69, 9.17) is 23.6 Å². The molecule has 3 atom stereocenters. The van der Waals surface area contributed by atoms with E-state index in [1.165, 1.54) is 19.4 Å². The molecule has 0 N–H and O–H groups in total. The lowest BCUT2D eigenvalue weighted by molar-refractivity contribution is -0.117. The molecule has 38 heavy (non-hydrogen) atoms. The topological polar surface area (TPSA) is 111 Å². The summed E-state index contributed by atoms with van der Waals surface area (Å²) < 4.78 is 22.8. The van der Waals surface area contributed by atoms with E-state index in [1.54, 1.807) is 0 Å². The highest BCUT2D eigenvalue weighted by Gasteiger charge is 2.41. The maximum atomic E-state index is 13.4. The second-order valence-corrected chi connectivity index (χ2v) is 10.3. The maximum absolute atomic E-state index is 13.4. The van der Waals surface area contributed by atoms with E-state index in [2.05, 4.69) is 28.9 Å². The largest absolute Gasteiger partial charge is 0.490 e. The number of hydrogen-bond donors (Lipinski definition) is 0. The van der Waals surface area contributed by atoms with Crippen molar-refractivity contribution in [3.8, 4) is 17.6 Å². The van der Waals surface area contributed by atoms with Gasteiger partial charge in [0, 0.05) is 29.3 Å². The third-order valence-electron chi connectivity index (χ3n) is 7.00. The fourth-order valence-electron chi connectivity index (χ4n) is 5.33. The average Bonchev–Trinajstić information content (AvgIpc) is 3.35. The Morgan fingerprint density at radius 3 is 2.74 bits per heavy atom. The minimum Gasteiger partial charge on any atom is -0.490 e. The molecule has 8 nitrogen and oxygen atoms in total. The normalized spacial score (nSPS) is 20.9. The first-order chi connectivity index (χ1) is 18.3. The second kappa shape index (κ2) is 12.0. The Hall–Kier alpha value is -3.38. The van der Waals surface area contributed by atoms with Crippen LogP contribution >= 0.6 is 15.9 Å². The number of nitrogens with zero attached hydrogens (tertiary/aromatic N) is 2. The molecule has 0 amide bonds. The lowest BCUT2D eigenvalue weighted by Gasteiger charge is -2.35. The van der Waals surface area contributed by atoms with Crippen molar-refractivity contribution in [3.63, 3.8) is 0 Å². The van der Waals surface area contributed by atoms with E-state index in [1.807, 2.05) is 26.0 Å². The summed E-state index contributed by atoms with van der Waals surface area (Å²) in [6.07, 6.45) is 4.61. The van der Waals surface area contributed by atoms with E-state index < -0.39 is 17.8 Å². The fraction of sp³-hybridized carbons (Fsp3) is 0.448. The molecule has 0 radical (unpaired) electrons. The number of esters is 1. The summed E-state index contributed by atoms with van der Waals surface area (Å²) in [6.45, 7) is 6.19. The predicted octanol–water partition coefficient (Wildman–Crippen LogP) is 6.54. The number of ether oxygens (including phenoxy) is 3. The van der Waals surface area contributed by atoms with Crippen LogP contribution in [0.25, 0.3) is 0 Å². The lowest BCUT2D eigenvalue weighted by atomic mass is 9.70. The molecule has 0 saturated carbocycles. The molecule has 2 aromatic rings. The highest BCUT2D eigenvalue weighted by Crippen LogP contribution is 2.48. The Labute approximate surface area is 230 Å². The van der Waals surface area contributed by atoms with Gasteiger partial charge in [0.2, 0.25) is 0 Å². The molecule has 0 bridgehead atoms. The van der Waals surface area contributed by atoms with Crippen LogP contribution < -0.4 is 9.47 Å². The molecule has 1 aromatic heterocycles. The molecule has 0 spiro atoms. The van der Waals surface area contributed by atoms with Gasteiger partial charge in [0.1, 0.15) is 12.2 Å². The highest BCUT2D eigenvalue weighted by atomic mass is 79.9. The number of hydrogen-bond acceptors (Lipinski definition) is 8. The maximum Gasteiger partial charge on any atom is 0.341 e. The van der Waals surface area contributed by atoms with Gasteiger partial charge in [0.05, 0.1) is 36.4 Å². The van der Waals surface area contributed by atoms with Gasteiger partial charge in [-0.2, -0.15) is 5.26 Å². The third-order valence-corrected chi connectivity index (χ3v) is 7.59. The van der Waals surface area contributed by atoms with Crippen molar-refractivity contribution < 1.29 is 28.2 Å². The Morgan fingerprint density at radius 1 is 1.26 bits per heavy atom. The molecule has 9 heteroatoms. The Kier molecular flexibility index (Phi) is 8.72. The third kappa shape index (κ3) is 5.41. The number of furan rings is 1. The van der Waals surface area contributed by atoms with Gasteiger partial charge in [0.15, 0.2) is 23.0 Å². The van der Waals surface area contributed by atoms with Crippen LogP contribution in [0.5, 0.6) is 11.5 Å². The molecule has 1 aliphatic heterocycles. The van der Waals surface area contributed by atoms with Gasteiger partial charge in [0.25, 0.3) is 0 Å². The molecular weight excluding hydrogens is 552 g/mol. The van der Waals surface area contributed by atoms with Gasteiger partial charge in [-0.3, -0.25) is 9.79 Å². The van der Waals surface area contributed by atoms with Gasteiger partial charge >= 0.3 is 5.97 Å². The fourth-order valence-corrected chi connectivity index (χ4v) is 5.90. The second-order valence-electron chi connectivity index (χ2n) is 9.48. The summed E-state index contributed by atoms with van der Waals surface area (Å²) in [4.78, 5) is 30.2. The summed E-state index contributed by atoms with van der Waals surface area (Å²) in [7, 11) is 1.30. The summed E-state index contributed by atoms with van der Waals surface area (Å²) >= 11 is 3.61. The number of Topliss-reactive ketones (excluding diaryl/α,β-unsaturated/α-hetero) is 1. The van der Waals surface area contributed by atoms with Crippen molar-refractivity contribution in [2.75, 3.05) is 13.7 Å². The Balaban J connectivity index is 1.72. The average molecular weight is 583 g/mol. The number of carbonyl (C=O) groups is 2. The number of nitriles is 1. The molecule has 1 aromatic carbocycles. The van der Waals surface area contributed by atoms with E-state index >= 15 is 0 Å². The van der Waals surface area contributed by atoms with Crippen molar-refractivity contribution >= 4 is 33.4 Å². The molecule has 200 valence electrons. The van der Waals surface area contributed by atoms with Crippen LogP contribution in [0.1, 0.15) is 74.1 Å². The van der Waals surface area contributed by atoms with Gasteiger partial charge in [-0.15, -0.1) is 0 Å². The van der Waals surface area contributed by atoms with Gasteiger partial charge in [-0.1, -0.05) is 13.3 Å². The van der Waals surface area contributed by atoms with E-state index in [0.29, 0.717) is 46.0 Å². The lowest BCUT2D eigenvalue weighted by Crippen LogP contribution is -2.32. The number of carbonyl (C=O) groups excluding carboxylic acids is 2. The summed E-state index contributed by atoms with van der Waals surface area (Å²) in [5, 5.41) is 10.1. The summed E-state index contributed by atoms with van der Waals surface area (Å²) in [5.74, 6) is -0.00519. The molecule has 4 rings (SSSR count). The zero-order valence-corrected chi connectivity index (χ0v) is 23.6. The molecular formula is C29H31BrN2O6. The SMILES string of the molecule is CCCC1CC(=O)C2=C(C1)N=C(C)C(C#N)C2c1cc(Br)c(OCc2occc2C(=O)OC)c(OCC)c1. The number of methoxy groups -OCH3 is 1. The summed E-state index contributed by atoms with van der Waals surface area (Å²) in [6, 6.07) is 7.61. The van der Waals surface area contributed by atoms with Gasteiger partial charge in [-0.25, -0.2) is 4.79 Å². The van der Waals surface area contributed by atoms with Crippen molar-refractivity contribution in [3.05, 3.63) is 57.1 Å². The summed E-state index contributed by atoms with van der Waals surface area (Å²) in [5.41, 5.74) is 3.20. The molecule has 0 saturated heterocycles. The smallest absolute Gasteiger partial charge is 0.341 e. The van der Waals surface area contributed by atoms with Crippen molar-refractivity contribution in [1.82, 2.24) is 0 Å². The number of ketones is 1. The number of halogens is 1. The molecule has 2 heterocycles. The highest BCUT2D eigenvalue weighted by molar-refractivity contribution is 9.10. The first-order valence-corrected chi connectivity index (χ1v) is 13.6. The number of benzene rings is 1. The van der Waals surface area contributed by atoms with E-state index in [-0.39, 0.29) is 23.9 Å². The minimum atomic E-state index is -0.570. The Bertz CT molecular complexity index is 1340. The quantitative estimate of drug-likeness (QED) is 0.308. The van der Waals surface area contributed by atoms with Crippen LogP contribution in [0.15, 0.2) is 49.6 Å². The van der Waals surface area contributed by atoms with E-state index in [0.717, 1.165) is 30.5 Å². The van der Waals surface area contributed by atoms with Crippen LogP contribution in [0.3, 0.4) is 0 Å². The minimum absolute atomic E-state index is 0.0297. The zero-order valence-electron chi connectivity index (χ0n) is 22.0. The van der Waals surface area contributed by atoms with Crippen molar-refractivity contribution in [2.24, 2.45) is 16.8 Å². The predicted molar refractivity (Wildman–Crippen MR) is 144 cm³/mol. The standard InChI is InChI=1S/C29H31BrN2O6/c1-5-7-17-10-22-27(23(33)11-17)26(20(14-31)16(3)32-22)18-12-21(30)28(24(13-18)36-6-2)38-15-25-19(8-9-37-25)29(34)35-4/h8-9,12-13,17,20,26H,5-7,10-11,15H2,1-4H3. The van der Waals surface area contributed by atoms with Crippen molar-refractivity contribution in [2.45, 2.75) is 59.0 Å². The van der Waals surface area contributed by atoms with E-state index in [9.17, 15) is 14.9 Å². The van der Waals surface area contributed by atoms with Gasteiger partial charge in [-0.05, 0) is 72.3 Å². The number of aliphatic imine (C=N–C) groups is 1. The van der Waals surface area contributed by atoms with Crippen LogP contribution in [0, 0.1) is 23.2 Å². The first-order valence-electron chi connectivity index (χ1n) is 12.8. The molecule has 3 unspecified atom stereocenters. The van der Waals surface area contributed by atoms with Crippen LogP contribution in [-0.2, 0) is 16.1 Å². The molecule has 2 aliphatic rings. The first kappa shape index (κ1) is 27.6. The Morgan fingerprint density at radius 2 is 2.05 bits per heavy atom. The molecule has 0 fully saturated rings. The van der Waals surface area contributed by atoms with Gasteiger partial charge < -0.3 is 18.6 Å². The van der Waals surface area contributed by atoms with Crippen molar-refractivity contribution in [1.29, 1.82) is 5.26 Å². The number of rotatable bonds is 9.